The van der Waals surface area contributed by atoms with E-state index in [-0.39, 0.29) is 28.9 Å². The summed E-state index contributed by atoms with van der Waals surface area (Å²) in [6.07, 6.45) is 10.5. The molecular weight excluding hydrogens is 360 g/mol. The molecule has 1 atom stereocenters. The number of nitro benzene ring substituents is 1. The van der Waals surface area contributed by atoms with Crippen LogP contribution < -0.4 is 4.90 Å². The Morgan fingerprint density at radius 3 is 2.86 bits per heavy atom. The number of nitro groups is 1. The zero-order valence-corrected chi connectivity index (χ0v) is 15.4. The second kappa shape index (κ2) is 7.26. The summed E-state index contributed by atoms with van der Waals surface area (Å²) < 4.78 is 3.58. The smallest absolute Gasteiger partial charge is 0.293 e. The minimum Gasteiger partial charge on any atom is -0.361 e. The molecule has 4 rings (SSSR count). The molecule has 3 aromatic rings. The molecule has 9 nitrogen and oxygen atoms in total. The van der Waals surface area contributed by atoms with Crippen molar-refractivity contribution in [3.05, 3.63) is 70.8 Å². The molecule has 0 bridgehead atoms. The molecule has 1 aliphatic heterocycles. The number of nitrogens with zero attached hydrogens (tertiary/aromatic N) is 6. The molecule has 2 aromatic heterocycles. The standard InChI is InChI=1S/C19H20N6O3/c1-22-9-7-21-19(22)18(26)14-4-5-16(17(11-14)25(27)28)24-8-2-3-15(24)12-23-10-6-20-13-23/h4-7,9-11,13,15H,2-3,8,12H2,1H3. The third-order valence-corrected chi connectivity index (χ3v) is 5.13. The number of anilines is 1. The Bertz CT molecular complexity index is 1010. The molecule has 0 spiro atoms. The topological polar surface area (TPSA) is 99.1 Å². The SMILES string of the molecule is Cn1ccnc1C(=O)c1ccc(N2CCCC2Cn2ccnc2)c([N+](=O)[O-])c1. The maximum Gasteiger partial charge on any atom is 0.293 e. The molecule has 1 fully saturated rings. The van der Waals surface area contributed by atoms with Crippen molar-refractivity contribution in [2.75, 3.05) is 11.4 Å². The van der Waals surface area contributed by atoms with E-state index in [1.807, 2.05) is 10.8 Å². The number of rotatable bonds is 6. The van der Waals surface area contributed by atoms with E-state index in [0.717, 1.165) is 19.4 Å². The molecule has 0 aliphatic carbocycles. The first kappa shape index (κ1) is 17.9. The van der Waals surface area contributed by atoms with Crippen molar-refractivity contribution < 1.29 is 9.72 Å². The highest BCUT2D eigenvalue weighted by Crippen LogP contribution is 2.35. The predicted molar refractivity (Wildman–Crippen MR) is 102 cm³/mol. The monoisotopic (exact) mass is 380 g/mol. The van der Waals surface area contributed by atoms with E-state index in [2.05, 4.69) is 14.9 Å². The Morgan fingerprint density at radius 2 is 2.18 bits per heavy atom. The molecule has 28 heavy (non-hydrogen) atoms. The number of hydrogen-bond donors (Lipinski definition) is 0. The summed E-state index contributed by atoms with van der Waals surface area (Å²) in [4.78, 5) is 34.2. The lowest BCUT2D eigenvalue weighted by molar-refractivity contribution is -0.384. The quantitative estimate of drug-likeness (QED) is 0.370. The van der Waals surface area contributed by atoms with Crippen molar-refractivity contribution in [3.8, 4) is 0 Å². The zero-order valence-electron chi connectivity index (χ0n) is 15.4. The van der Waals surface area contributed by atoms with Gasteiger partial charge in [0.15, 0.2) is 5.82 Å². The van der Waals surface area contributed by atoms with E-state index in [0.29, 0.717) is 12.2 Å². The lowest BCUT2D eigenvalue weighted by Gasteiger charge is -2.27. The molecule has 144 valence electrons. The number of imidazole rings is 2. The van der Waals surface area contributed by atoms with Gasteiger partial charge < -0.3 is 14.0 Å². The van der Waals surface area contributed by atoms with Crippen LogP contribution in [0.2, 0.25) is 0 Å². The molecular formula is C19H20N6O3. The number of ketones is 1. The predicted octanol–water partition coefficient (Wildman–Crippen LogP) is 2.42. The normalized spacial score (nSPS) is 16.5. The van der Waals surface area contributed by atoms with Gasteiger partial charge in [-0.05, 0) is 25.0 Å². The summed E-state index contributed by atoms with van der Waals surface area (Å²) >= 11 is 0. The van der Waals surface area contributed by atoms with Crippen molar-refractivity contribution in [2.45, 2.75) is 25.4 Å². The van der Waals surface area contributed by atoms with Gasteiger partial charge in [0.25, 0.3) is 5.69 Å². The fourth-order valence-electron chi connectivity index (χ4n) is 3.75. The molecule has 0 saturated carbocycles. The molecule has 0 amide bonds. The van der Waals surface area contributed by atoms with Crippen LogP contribution in [0.1, 0.15) is 29.0 Å². The summed E-state index contributed by atoms with van der Waals surface area (Å²) in [6.45, 7) is 1.46. The Labute approximate surface area is 161 Å². The van der Waals surface area contributed by atoms with Crippen LogP contribution in [0, 0.1) is 10.1 Å². The van der Waals surface area contributed by atoms with Crippen LogP contribution in [0.15, 0.2) is 49.3 Å². The maximum absolute atomic E-state index is 12.7. The minimum absolute atomic E-state index is 0.0578. The molecule has 9 heteroatoms. The van der Waals surface area contributed by atoms with Gasteiger partial charge in [0, 0.05) is 62.6 Å². The van der Waals surface area contributed by atoms with Gasteiger partial charge in [0.2, 0.25) is 5.78 Å². The van der Waals surface area contributed by atoms with Crippen LogP contribution in [-0.4, -0.2) is 42.4 Å². The van der Waals surface area contributed by atoms with Crippen molar-refractivity contribution in [3.63, 3.8) is 0 Å². The minimum atomic E-state index is -0.420. The van der Waals surface area contributed by atoms with E-state index in [9.17, 15) is 14.9 Å². The number of aromatic nitrogens is 4. The second-order valence-electron chi connectivity index (χ2n) is 6.90. The van der Waals surface area contributed by atoms with Crippen LogP contribution in [0.5, 0.6) is 0 Å². The molecule has 0 radical (unpaired) electrons. The summed E-state index contributed by atoms with van der Waals surface area (Å²) in [5.41, 5.74) is 0.747. The van der Waals surface area contributed by atoms with Crippen molar-refractivity contribution in [2.24, 2.45) is 7.05 Å². The van der Waals surface area contributed by atoms with Gasteiger partial charge in [-0.3, -0.25) is 14.9 Å². The first-order valence-electron chi connectivity index (χ1n) is 9.07. The summed E-state index contributed by atoms with van der Waals surface area (Å²) in [7, 11) is 1.72. The molecule has 0 N–H and O–H groups in total. The van der Waals surface area contributed by atoms with Gasteiger partial charge in [-0.2, -0.15) is 0 Å². The molecule has 1 aliphatic rings. The van der Waals surface area contributed by atoms with E-state index < -0.39 is 4.92 Å². The van der Waals surface area contributed by atoms with Crippen LogP contribution in [0.4, 0.5) is 11.4 Å². The van der Waals surface area contributed by atoms with E-state index in [1.165, 1.54) is 12.3 Å². The van der Waals surface area contributed by atoms with Gasteiger partial charge in [-0.15, -0.1) is 0 Å². The van der Waals surface area contributed by atoms with Crippen molar-refractivity contribution >= 4 is 17.2 Å². The van der Waals surface area contributed by atoms with Crippen LogP contribution >= 0.6 is 0 Å². The van der Waals surface area contributed by atoms with E-state index >= 15 is 0 Å². The molecule has 3 heterocycles. The van der Waals surface area contributed by atoms with Crippen LogP contribution in [0.3, 0.4) is 0 Å². The zero-order chi connectivity index (χ0) is 19.7. The number of hydrogen-bond acceptors (Lipinski definition) is 6. The number of carbonyl (C=O) groups excluding carboxylic acids is 1. The highest BCUT2D eigenvalue weighted by Gasteiger charge is 2.31. The van der Waals surface area contributed by atoms with Gasteiger partial charge in [-0.1, -0.05) is 0 Å². The van der Waals surface area contributed by atoms with Gasteiger partial charge in [0.05, 0.1) is 11.3 Å². The van der Waals surface area contributed by atoms with Crippen molar-refractivity contribution in [1.29, 1.82) is 0 Å². The van der Waals surface area contributed by atoms with Gasteiger partial charge in [-0.25, -0.2) is 9.97 Å². The highest BCUT2D eigenvalue weighted by atomic mass is 16.6. The maximum atomic E-state index is 12.7. The second-order valence-corrected chi connectivity index (χ2v) is 6.90. The summed E-state index contributed by atoms with van der Waals surface area (Å²) in [5, 5.41) is 11.8. The Hall–Kier alpha value is -3.49. The Kier molecular flexibility index (Phi) is 4.64. The third kappa shape index (κ3) is 3.26. The Balaban J connectivity index is 1.66. The molecule has 1 unspecified atom stereocenters. The van der Waals surface area contributed by atoms with Crippen molar-refractivity contribution in [1.82, 2.24) is 19.1 Å². The fourth-order valence-corrected chi connectivity index (χ4v) is 3.75. The first-order chi connectivity index (χ1) is 13.5. The van der Waals surface area contributed by atoms with E-state index in [4.69, 9.17) is 0 Å². The highest BCUT2D eigenvalue weighted by molar-refractivity contribution is 6.07. The Morgan fingerprint density at radius 1 is 1.32 bits per heavy atom. The van der Waals surface area contributed by atoms with Gasteiger partial charge in [0.1, 0.15) is 5.69 Å². The largest absolute Gasteiger partial charge is 0.361 e. The number of benzene rings is 1. The average Bonchev–Trinajstić information content (AvgIpc) is 3.43. The lowest BCUT2D eigenvalue weighted by atomic mass is 10.1. The molecule has 1 saturated heterocycles. The molecule has 1 aromatic carbocycles. The van der Waals surface area contributed by atoms with Crippen LogP contribution in [-0.2, 0) is 13.6 Å². The number of aryl methyl sites for hydroxylation is 1. The van der Waals surface area contributed by atoms with E-state index in [1.54, 1.807) is 42.5 Å². The van der Waals surface area contributed by atoms with Gasteiger partial charge >= 0.3 is 0 Å². The van der Waals surface area contributed by atoms with Crippen LogP contribution in [0.25, 0.3) is 0 Å². The summed E-state index contributed by atoms with van der Waals surface area (Å²) in [5.74, 6) is -0.0836. The summed E-state index contributed by atoms with van der Waals surface area (Å²) in [6, 6.07) is 4.83. The third-order valence-electron chi connectivity index (χ3n) is 5.13. The number of carbonyl (C=O) groups is 1. The fraction of sp³-hybridized carbons (Fsp3) is 0.316. The first-order valence-corrected chi connectivity index (χ1v) is 9.07. The average molecular weight is 380 g/mol. The lowest BCUT2D eigenvalue weighted by Crippen LogP contribution is -2.33.